The molecule has 3 N–H and O–H groups in total. The van der Waals surface area contributed by atoms with Crippen molar-refractivity contribution in [1.82, 2.24) is 4.98 Å². The van der Waals surface area contributed by atoms with Crippen molar-refractivity contribution in [1.29, 1.82) is 0 Å². The lowest BCUT2D eigenvalue weighted by molar-refractivity contribution is -0.124. The van der Waals surface area contributed by atoms with Crippen LogP contribution in [-0.2, 0) is 9.53 Å². The van der Waals surface area contributed by atoms with Gasteiger partial charge < -0.3 is 20.4 Å². The highest BCUT2D eigenvalue weighted by molar-refractivity contribution is 9.10. The number of ether oxygens (including phenoxy) is 1. The van der Waals surface area contributed by atoms with Gasteiger partial charge in [-0.05, 0) is 53.0 Å². The standard InChI is InChI=1S/C17H16BrN3O4/c18-11-8-13(16(23)19-9-11)21-15(22)10-3-1-4-12(7-10)20-17(24)14-5-2-6-25-14/h1,3-4,7-9,14H,2,5-6H2,(H,19,23)(H,20,24)(H,21,22). The fourth-order valence-electron chi connectivity index (χ4n) is 2.49. The summed E-state index contributed by atoms with van der Waals surface area (Å²) in [5.41, 5.74) is 0.549. The molecule has 0 saturated carbocycles. The van der Waals surface area contributed by atoms with Gasteiger partial charge in [-0.25, -0.2) is 0 Å². The van der Waals surface area contributed by atoms with Crippen molar-refractivity contribution in [3.8, 4) is 0 Å². The van der Waals surface area contributed by atoms with Gasteiger partial charge in [0.25, 0.3) is 17.4 Å². The zero-order valence-electron chi connectivity index (χ0n) is 13.2. The number of H-pyrrole nitrogens is 1. The minimum absolute atomic E-state index is 0.133. The lowest BCUT2D eigenvalue weighted by atomic mass is 10.1. The van der Waals surface area contributed by atoms with Crippen molar-refractivity contribution in [2.24, 2.45) is 0 Å². The van der Waals surface area contributed by atoms with E-state index in [1.807, 2.05) is 0 Å². The molecule has 1 aliphatic rings. The van der Waals surface area contributed by atoms with Crippen LogP contribution < -0.4 is 16.2 Å². The summed E-state index contributed by atoms with van der Waals surface area (Å²) >= 11 is 3.23. The van der Waals surface area contributed by atoms with Gasteiger partial charge in [0.05, 0.1) is 0 Å². The highest BCUT2D eigenvalue weighted by atomic mass is 79.9. The van der Waals surface area contributed by atoms with Crippen LogP contribution in [0.15, 0.2) is 45.8 Å². The molecule has 3 rings (SSSR count). The third kappa shape index (κ3) is 4.34. The minimum Gasteiger partial charge on any atom is -0.368 e. The van der Waals surface area contributed by atoms with Gasteiger partial charge in [0, 0.05) is 28.5 Å². The first-order valence-corrected chi connectivity index (χ1v) is 8.54. The quantitative estimate of drug-likeness (QED) is 0.727. The van der Waals surface area contributed by atoms with E-state index in [1.54, 1.807) is 24.3 Å². The number of aromatic amines is 1. The number of aromatic nitrogens is 1. The van der Waals surface area contributed by atoms with E-state index in [4.69, 9.17) is 4.74 Å². The Kier molecular flexibility index (Phi) is 5.30. The van der Waals surface area contributed by atoms with Crippen molar-refractivity contribution in [3.05, 3.63) is 56.9 Å². The Morgan fingerprint density at radius 3 is 2.84 bits per heavy atom. The number of carbonyl (C=O) groups is 2. The summed E-state index contributed by atoms with van der Waals surface area (Å²) in [5, 5.41) is 5.30. The molecular formula is C17H16BrN3O4. The summed E-state index contributed by atoms with van der Waals surface area (Å²) in [6.45, 7) is 0.585. The van der Waals surface area contributed by atoms with Crippen molar-refractivity contribution >= 4 is 39.1 Å². The largest absolute Gasteiger partial charge is 0.368 e. The summed E-state index contributed by atoms with van der Waals surface area (Å²) in [7, 11) is 0. The number of carbonyl (C=O) groups excluding carboxylic acids is 2. The van der Waals surface area contributed by atoms with Crippen LogP contribution in [0, 0.1) is 0 Å². The molecule has 0 aliphatic carbocycles. The molecule has 2 aromatic rings. The molecule has 1 saturated heterocycles. The first-order chi connectivity index (χ1) is 12.0. The molecule has 1 atom stereocenters. The van der Waals surface area contributed by atoms with Crippen molar-refractivity contribution < 1.29 is 14.3 Å². The third-order valence-electron chi connectivity index (χ3n) is 3.73. The van der Waals surface area contributed by atoms with Crippen LogP contribution in [0.2, 0.25) is 0 Å². The molecule has 2 amide bonds. The van der Waals surface area contributed by atoms with Crippen LogP contribution in [0.5, 0.6) is 0 Å². The zero-order chi connectivity index (χ0) is 17.8. The summed E-state index contributed by atoms with van der Waals surface area (Å²) in [6, 6.07) is 8.01. The van der Waals surface area contributed by atoms with Crippen LogP contribution in [0.25, 0.3) is 0 Å². The van der Waals surface area contributed by atoms with Gasteiger partial charge in [0.15, 0.2) is 0 Å². The summed E-state index contributed by atoms with van der Waals surface area (Å²) < 4.78 is 5.97. The molecule has 0 spiro atoms. The Bertz CT molecular complexity index is 859. The van der Waals surface area contributed by atoms with E-state index in [2.05, 4.69) is 31.5 Å². The second-order valence-corrected chi connectivity index (χ2v) is 6.50. The number of benzene rings is 1. The Balaban J connectivity index is 1.72. The normalized spacial score (nSPS) is 16.4. The van der Waals surface area contributed by atoms with Gasteiger partial charge in [0.1, 0.15) is 11.8 Å². The van der Waals surface area contributed by atoms with Crippen LogP contribution >= 0.6 is 15.9 Å². The lowest BCUT2D eigenvalue weighted by Crippen LogP contribution is -2.27. The van der Waals surface area contributed by atoms with Gasteiger partial charge in [0.2, 0.25) is 0 Å². The Hall–Kier alpha value is -2.45. The average molecular weight is 406 g/mol. The van der Waals surface area contributed by atoms with Gasteiger partial charge in [-0.2, -0.15) is 0 Å². The first kappa shape index (κ1) is 17.4. The predicted molar refractivity (Wildman–Crippen MR) is 96.8 cm³/mol. The highest BCUT2D eigenvalue weighted by Crippen LogP contribution is 2.17. The van der Waals surface area contributed by atoms with Gasteiger partial charge in [-0.1, -0.05) is 6.07 Å². The molecular weight excluding hydrogens is 390 g/mol. The van der Waals surface area contributed by atoms with E-state index in [-0.39, 0.29) is 11.6 Å². The minimum atomic E-state index is -0.447. The molecule has 0 bridgehead atoms. The van der Waals surface area contributed by atoms with Crippen LogP contribution in [0.4, 0.5) is 11.4 Å². The topological polar surface area (TPSA) is 100 Å². The van der Waals surface area contributed by atoms with E-state index in [9.17, 15) is 14.4 Å². The maximum absolute atomic E-state index is 12.4. The lowest BCUT2D eigenvalue weighted by Gasteiger charge is -2.11. The Morgan fingerprint density at radius 2 is 2.08 bits per heavy atom. The van der Waals surface area contributed by atoms with E-state index >= 15 is 0 Å². The molecule has 8 heteroatoms. The maximum Gasteiger partial charge on any atom is 0.271 e. The first-order valence-electron chi connectivity index (χ1n) is 7.75. The Morgan fingerprint density at radius 1 is 1.24 bits per heavy atom. The number of hydrogen-bond acceptors (Lipinski definition) is 4. The van der Waals surface area contributed by atoms with E-state index in [1.165, 1.54) is 12.3 Å². The second-order valence-electron chi connectivity index (χ2n) is 5.59. The molecule has 7 nitrogen and oxygen atoms in total. The number of pyridine rings is 1. The van der Waals surface area contributed by atoms with Crippen molar-refractivity contribution in [2.75, 3.05) is 17.2 Å². The smallest absolute Gasteiger partial charge is 0.271 e. The van der Waals surface area contributed by atoms with E-state index in [0.717, 1.165) is 6.42 Å². The van der Waals surface area contributed by atoms with Gasteiger partial charge >= 0.3 is 0 Å². The van der Waals surface area contributed by atoms with Gasteiger partial charge in [-0.15, -0.1) is 0 Å². The van der Waals surface area contributed by atoms with Gasteiger partial charge in [-0.3, -0.25) is 14.4 Å². The number of anilines is 2. The summed E-state index contributed by atoms with van der Waals surface area (Å²) in [4.78, 5) is 38.7. The molecule has 1 aliphatic heterocycles. The van der Waals surface area contributed by atoms with Crippen LogP contribution in [-0.4, -0.2) is 29.5 Å². The number of hydrogen-bond donors (Lipinski definition) is 3. The molecule has 1 aromatic heterocycles. The maximum atomic E-state index is 12.4. The molecule has 1 aromatic carbocycles. The Labute approximate surface area is 151 Å². The summed E-state index contributed by atoms with van der Waals surface area (Å²) in [5.74, 6) is -0.671. The predicted octanol–water partition coefficient (Wildman–Crippen LogP) is 2.51. The van der Waals surface area contributed by atoms with Crippen molar-refractivity contribution in [2.45, 2.75) is 18.9 Å². The fraction of sp³-hybridized carbons (Fsp3) is 0.235. The van der Waals surface area contributed by atoms with Crippen LogP contribution in [0.1, 0.15) is 23.2 Å². The third-order valence-corrected chi connectivity index (χ3v) is 4.19. The van der Waals surface area contributed by atoms with E-state index in [0.29, 0.717) is 28.8 Å². The number of halogens is 1. The monoisotopic (exact) mass is 405 g/mol. The van der Waals surface area contributed by atoms with E-state index < -0.39 is 17.6 Å². The second kappa shape index (κ2) is 7.62. The number of nitrogens with one attached hydrogen (secondary N) is 3. The number of amides is 2. The summed E-state index contributed by atoms with van der Waals surface area (Å²) in [6.07, 6.45) is 2.59. The SMILES string of the molecule is O=C(Nc1cc(Br)c[nH]c1=O)c1cccc(NC(=O)C2CCCO2)c1. The molecule has 1 unspecified atom stereocenters. The van der Waals surface area contributed by atoms with Crippen molar-refractivity contribution in [3.63, 3.8) is 0 Å². The number of rotatable bonds is 4. The molecule has 2 heterocycles. The molecule has 1 fully saturated rings. The molecule has 130 valence electrons. The van der Waals surface area contributed by atoms with Crippen LogP contribution in [0.3, 0.4) is 0 Å². The molecule has 25 heavy (non-hydrogen) atoms. The highest BCUT2D eigenvalue weighted by Gasteiger charge is 2.23. The fourth-order valence-corrected chi connectivity index (χ4v) is 2.83. The average Bonchev–Trinajstić information content (AvgIpc) is 3.13. The zero-order valence-corrected chi connectivity index (χ0v) is 14.8. The molecule has 0 radical (unpaired) electrons.